The highest BCUT2D eigenvalue weighted by Gasteiger charge is 2.06. The van der Waals surface area contributed by atoms with E-state index in [1.54, 1.807) is 11.3 Å². The number of thiophene rings is 1. The Kier molecular flexibility index (Phi) is 3.27. The van der Waals surface area contributed by atoms with Crippen LogP contribution in [0.4, 0.5) is 0 Å². The van der Waals surface area contributed by atoms with Gasteiger partial charge >= 0.3 is 0 Å². The molecule has 1 N–H and O–H groups in total. The molecule has 0 amide bonds. The third-order valence-electron chi connectivity index (χ3n) is 2.14. The Morgan fingerprint density at radius 2 is 2.07 bits per heavy atom. The molecule has 2 aromatic rings. The summed E-state index contributed by atoms with van der Waals surface area (Å²) in [6, 6.07) is 4.12. The van der Waals surface area contributed by atoms with Crippen LogP contribution in [-0.4, -0.2) is 5.11 Å². The summed E-state index contributed by atoms with van der Waals surface area (Å²) in [4.78, 5) is 0. The van der Waals surface area contributed by atoms with Crippen molar-refractivity contribution in [1.29, 1.82) is 0 Å². The molecule has 0 aliphatic rings. The average molecular weight is 336 g/mol. The van der Waals surface area contributed by atoms with Gasteiger partial charge in [0.05, 0.1) is 6.61 Å². The largest absolute Gasteiger partial charge is 0.392 e. The van der Waals surface area contributed by atoms with E-state index in [1.165, 1.54) is 15.6 Å². The number of fused-ring (bicyclic) bond motifs is 1. The molecule has 0 aliphatic carbocycles. The maximum atomic E-state index is 9.14. The van der Waals surface area contributed by atoms with Gasteiger partial charge in [-0.1, -0.05) is 31.9 Å². The molecule has 1 heterocycles. The number of benzene rings is 1. The van der Waals surface area contributed by atoms with Gasteiger partial charge in [0.25, 0.3) is 0 Å². The predicted octanol–water partition coefficient (Wildman–Crippen LogP) is 4.05. The topological polar surface area (TPSA) is 20.2 Å². The van der Waals surface area contributed by atoms with Crippen molar-refractivity contribution in [3.05, 3.63) is 33.1 Å². The quantitative estimate of drug-likeness (QED) is 0.821. The molecular formula is C10H8Br2OS. The summed E-state index contributed by atoms with van der Waals surface area (Å²) in [5.74, 6) is 0. The van der Waals surface area contributed by atoms with Crippen LogP contribution in [0.1, 0.15) is 11.1 Å². The van der Waals surface area contributed by atoms with Crippen molar-refractivity contribution in [3.8, 4) is 0 Å². The summed E-state index contributed by atoms with van der Waals surface area (Å²) in [7, 11) is 0. The van der Waals surface area contributed by atoms with Gasteiger partial charge in [0.15, 0.2) is 0 Å². The molecule has 0 radical (unpaired) electrons. The summed E-state index contributed by atoms with van der Waals surface area (Å²) in [6.45, 7) is 0.0775. The molecule has 0 spiro atoms. The highest BCUT2D eigenvalue weighted by molar-refractivity contribution is 9.10. The molecule has 0 unspecified atom stereocenters. The van der Waals surface area contributed by atoms with Crippen molar-refractivity contribution in [2.45, 2.75) is 11.9 Å². The monoisotopic (exact) mass is 334 g/mol. The molecule has 14 heavy (non-hydrogen) atoms. The Bertz CT molecular complexity index is 464. The molecule has 0 bridgehead atoms. The van der Waals surface area contributed by atoms with Crippen molar-refractivity contribution in [3.63, 3.8) is 0 Å². The number of alkyl halides is 1. The van der Waals surface area contributed by atoms with E-state index in [2.05, 4.69) is 43.3 Å². The van der Waals surface area contributed by atoms with Gasteiger partial charge in [0.1, 0.15) is 0 Å². The van der Waals surface area contributed by atoms with Crippen LogP contribution in [0.5, 0.6) is 0 Å². The SMILES string of the molecule is OCc1cc2c(CBr)csc2cc1Br. The minimum absolute atomic E-state index is 0.0775. The number of halogens is 2. The van der Waals surface area contributed by atoms with Crippen molar-refractivity contribution in [2.24, 2.45) is 0 Å². The van der Waals surface area contributed by atoms with Gasteiger partial charge in [-0.15, -0.1) is 11.3 Å². The van der Waals surface area contributed by atoms with Gasteiger partial charge in [-0.25, -0.2) is 0 Å². The molecule has 1 aromatic carbocycles. The molecule has 0 fully saturated rings. The first-order valence-electron chi connectivity index (χ1n) is 4.11. The number of aliphatic hydroxyl groups excluding tert-OH is 1. The van der Waals surface area contributed by atoms with Crippen molar-refractivity contribution in [1.82, 2.24) is 0 Å². The third kappa shape index (κ3) is 1.76. The van der Waals surface area contributed by atoms with Crippen LogP contribution in [-0.2, 0) is 11.9 Å². The first-order chi connectivity index (χ1) is 6.76. The Balaban J connectivity index is 2.70. The molecule has 0 aliphatic heterocycles. The Morgan fingerprint density at radius 1 is 1.29 bits per heavy atom. The van der Waals surface area contributed by atoms with Crippen LogP contribution in [0, 0.1) is 0 Å². The lowest BCUT2D eigenvalue weighted by Crippen LogP contribution is -1.85. The zero-order valence-corrected chi connectivity index (χ0v) is 11.2. The van der Waals surface area contributed by atoms with Crippen LogP contribution >= 0.6 is 43.2 Å². The maximum Gasteiger partial charge on any atom is 0.0693 e. The average Bonchev–Trinajstić information content (AvgIpc) is 2.58. The van der Waals surface area contributed by atoms with Crippen molar-refractivity contribution >= 4 is 53.3 Å². The highest BCUT2D eigenvalue weighted by Crippen LogP contribution is 2.32. The lowest BCUT2D eigenvalue weighted by atomic mass is 10.1. The summed E-state index contributed by atoms with van der Waals surface area (Å²) in [5.41, 5.74) is 2.23. The number of hydrogen-bond acceptors (Lipinski definition) is 2. The van der Waals surface area contributed by atoms with E-state index in [0.29, 0.717) is 0 Å². The fraction of sp³-hybridized carbons (Fsp3) is 0.200. The highest BCUT2D eigenvalue weighted by atomic mass is 79.9. The number of hydrogen-bond donors (Lipinski definition) is 1. The first kappa shape index (κ1) is 10.6. The molecule has 1 nitrogen and oxygen atoms in total. The van der Waals surface area contributed by atoms with E-state index >= 15 is 0 Å². The van der Waals surface area contributed by atoms with Crippen LogP contribution in [0.25, 0.3) is 10.1 Å². The minimum atomic E-state index is 0.0775. The van der Waals surface area contributed by atoms with Gasteiger partial charge in [-0.2, -0.15) is 0 Å². The molecule has 0 atom stereocenters. The summed E-state index contributed by atoms with van der Waals surface area (Å²) < 4.78 is 2.24. The number of rotatable bonds is 2. The molecule has 74 valence electrons. The van der Waals surface area contributed by atoms with E-state index in [0.717, 1.165) is 15.4 Å². The second-order valence-electron chi connectivity index (χ2n) is 2.99. The maximum absolute atomic E-state index is 9.14. The molecular weight excluding hydrogens is 328 g/mol. The smallest absolute Gasteiger partial charge is 0.0693 e. The second kappa shape index (κ2) is 4.31. The van der Waals surface area contributed by atoms with E-state index in [-0.39, 0.29) is 6.61 Å². The van der Waals surface area contributed by atoms with Crippen molar-refractivity contribution in [2.75, 3.05) is 0 Å². The lowest BCUT2D eigenvalue weighted by Gasteiger charge is -2.01. The van der Waals surface area contributed by atoms with Crippen LogP contribution in [0.15, 0.2) is 22.0 Å². The Labute approximate surface area is 103 Å². The van der Waals surface area contributed by atoms with Gasteiger partial charge in [0, 0.05) is 14.5 Å². The fourth-order valence-electron chi connectivity index (χ4n) is 1.37. The van der Waals surface area contributed by atoms with Crippen LogP contribution < -0.4 is 0 Å². The van der Waals surface area contributed by atoms with Gasteiger partial charge in [-0.3, -0.25) is 0 Å². The van der Waals surface area contributed by atoms with E-state index in [1.807, 2.05) is 6.07 Å². The number of aliphatic hydroxyl groups is 1. The van der Waals surface area contributed by atoms with Gasteiger partial charge in [-0.05, 0) is 34.0 Å². The Morgan fingerprint density at radius 3 is 2.71 bits per heavy atom. The van der Waals surface area contributed by atoms with Crippen LogP contribution in [0.3, 0.4) is 0 Å². The first-order valence-corrected chi connectivity index (χ1v) is 6.91. The molecule has 0 saturated heterocycles. The molecule has 2 rings (SSSR count). The van der Waals surface area contributed by atoms with Gasteiger partial charge < -0.3 is 5.11 Å². The van der Waals surface area contributed by atoms with Crippen LogP contribution in [0.2, 0.25) is 0 Å². The summed E-state index contributed by atoms with van der Waals surface area (Å²) >= 11 is 8.63. The molecule has 1 aromatic heterocycles. The second-order valence-corrected chi connectivity index (χ2v) is 5.32. The third-order valence-corrected chi connectivity index (χ3v) is 4.47. The zero-order chi connectivity index (χ0) is 10.1. The molecule has 0 saturated carbocycles. The standard InChI is InChI=1S/C10H8Br2OS/c11-3-7-5-14-10-2-9(12)6(4-13)1-8(7)10/h1-2,5,13H,3-4H2. The summed E-state index contributed by atoms with van der Waals surface area (Å²) in [5, 5.41) is 13.4. The fourth-order valence-corrected chi connectivity index (χ4v) is 3.65. The van der Waals surface area contributed by atoms with E-state index in [4.69, 9.17) is 5.11 Å². The Hall–Kier alpha value is 0.1000. The summed E-state index contributed by atoms with van der Waals surface area (Å²) in [6.07, 6.45) is 0. The zero-order valence-electron chi connectivity index (χ0n) is 7.26. The minimum Gasteiger partial charge on any atom is -0.392 e. The molecule has 4 heteroatoms. The predicted molar refractivity (Wildman–Crippen MR) is 68.1 cm³/mol. The van der Waals surface area contributed by atoms with E-state index < -0.39 is 0 Å². The van der Waals surface area contributed by atoms with E-state index in [9.17, 15) is 0 Å². The lowest BCUT2D eigenvalue weighted by molar-refractivity contribution is 0.281. The van der Waals surface area contributed by atoms with Gasteiger partial charge in [0.2, 0.25) is 0 Å². The van der Waals surface area contributed by atoms with Crippen molar-refractivity contribution < 1.29 is 5.11 Å². The normalized spacial score (nSPS) is 11.1.